The summed E-state index contributed by atoms with van der Waals surface area (Å²) < 4.78 is 7.89. The second-order valence-corrected chi connectivity index (χ2v) is 15.6. The zero-order valence-corrected chi connectivity index (χ0v) is 31.7. The Labute approximate surface area is 336 Å². The first-order chi connectivity index (χ1) is 28.7. The van der Waals surface area contributed by atoms with E-state index in [9.17, 15) is 0 Å². The smallest absolute Gasteiger partial charge is 0.164 e. The predicted octanol–water partition coefficient (Wildman–Crippen LogP) is 14.2. The van der Waals surface area contributed by atoms with Crippen LogP contribution in [0.1, 0.15) is 0 Å². The minimum absolute atomic E-state index is 0.601. The number of hydrogen-bond acceptors (Lipinski definition) is 6. The standard InChI is InChI=1S/C52H30N4OS/c1-4-13-32(14-5-1)49-54-50(33-15-6-2-7-16-33)56-51(55-49)40-21-12-22-43-47(40)39-27-25-35(30-44(39)57-43)41-29-36-24-23-31-26-28-42-48(58-52(53-42)34-17-8-3-9-18-34)46(31)45(36)38-20-11-10-19-37(38)41/h1-30H. The fraction of sp³-hybridized carbons (Fsp3) is 0. The van der Waals surface area contributed by atoms with Crippen molar-refractivity contribution < 1.29 is 4.42 Å². The second kappa shape index (κ2) is 13.0. The highest BCUT2D eigenvalue weighted by Crippen LogP contribution is 2.44. The van der Waals surface area contributed by atoms with E-state index in [1.54, 1.807) is 11.3 Å². The van der Waals surface area contributed by atoms with Crippen LogP contribution >= 0.6 is 11.3 Å². The van der Waals surface area contributed by atoms with E-state index in [4.69, 9.17) is 24.4 Å². The van der Waals surface area contributed by atoms with Crippen LogP contribution in [0.3, 0.4) is 0 Å². The van der Waals surface area contributed by atoms with Gasteiger partial charge in [0.15, 0.2) is 17.5 Å². The van der Waals surface area contributed by atoms with E-state index in [0.29, 0.717) is 17.5 Å². The molecule has 0 N–H and O–H groups in total. The van der Waals surface area contributed by atoms with Crippen LogP contribution in [0.2, 0.25) is 0 Å². The van der Waals surface area contributed by atoms with Crippen LogP contribution in [-0.4, -0.2) is 19.9 Å². The molecule has 58 heavy (non-hydrogen) atoms. The lowest BCUT2D eigenvalue weighted by atomic mass is 9.90. The molecular weight excluding hydrogens is 729 g/mol. The fourth-order valence-corrected chi connectivity index (χ4v) is 9.57. The third kappa shape index (κ3) is 5.23. The molecule has 3 aromatic heterocycles. The number of fused-ring (bicyclic) bond motifs is 10. The maximum atomic E-state index is 6.67. The maximum absolute atomic E-state index is 6.67. The molecule has 5 nitrogen and oxygen atoms in total. The van der Waals surface area contributed by atoms with E-state index in [-0.39, 0.29) is 0 Å². The molecule has 0 aliphatic carbocycles. The predicted molar refractivity (Wildman–Crippen MR) is 240 cm³/mol. The van der Waals surface area contributed by atoms with Crippen molar-refractivity contribution in [2.24, 2.45) is 0 Å². The van der Waals surface area contributed by atoms with E-state index in [1.165, 1.54) is 37.0 Å². The number of rotatable bonds is 5. The summed E-state index contributed by atoms with van der Waals surface area (Å²) in [7, 11) is 0. The van der Waals surface area contributed by atoms with Gasteiger partial charge in [-0.05, 0) is 68.4 Å². The molecule has 9 aromatic carbocycles. The molecule has 0 radical (unpaired) electrons. The quantitative estimate of drug-likeness (QED) is 0.164. The van der Waals surface area contributed by atoms with E-state index in [2.05, 4.69) is 103 Å². The first kappa shape index (κ1) is 32.7. The Kier molecular flexibility index (Phi) is 7.33. The van der Waals surface area contributed by atoms with Gasteiger partial charge in [0, 0.05) is 38.4 Å². The van der Waals surface area contributed by atoms with Crippen LogP contribution in [0, 0.1) is 0 Å². The second-order valence-electron chi connectivity index (χ2n) is 14.6. The van der Waals surface area contributed by atoms with Crippen molar-refractivity contribution >= 4 is 75.8 Å². The van der Waals surface area contributed by atoms with Gasteiger partial charge in [0.25, 0.3) is 0 Å². The van der Waals surface area contributed by atoms with Crippen molar-refractivity contribution in [1.29, 1.82) is 0 Å². The number of benzene rings is 9. The molecular formula is C52H30N4OS. The number of thiazole rings is 1. The average molecular weight is 759 g/mol. The van der Waals surface area contributed by atoms with Gasteiger partial charge in [-0.2, -0.15) is 0 Å². The Bertz CT molecular complexity index is 3500. The SMILES string of the molecule is c1ccc(-c2nc(-c3ccccc3)nc(-c3cccc4oc5cc(-c6cc7ccc8ccc9nc(-c%10ccccc%10)sc9c8c7c7ccccc67)ccc5c34)n2)cc1. The molecule has 3 heterocycles. The third-order valence-electron chi connectivity index (χ3n) is 11.1. The topological polar surface area (TPSA) is 64.7 Å². The van der Waals surface area contributed by atoms with Gasteiger partial charge in [0.2, 0.25) is 0 Å². The van der Waals surface area contributed by atoms with Gasteiger partial charge in [-0.25, -0.2) is 19.9 Å². The zero-order chi connectivity index (χ0) is 38.2. The number of aromatic nitrogens is 4. The molecule has 0 spiro atoms. The van der Waals surface area contributed by atoms with Crippen LogP contribution in [0.5, 0.6) is 0 Å². The van der Waals surface area contributed by atoms with Crippen molar-refractivity contribution in [3.8, 4) is 55.9 Å². The van der Waals surface area contributed by atoms with Crippen LogP contribution in [-0.2, 0) is 0 Å². The summed E-state index contributed by atoms with van der Waals surface area (Å²) in [6.07, 6.45) is 0. The van der Waals surface area contributed by atoms with Gasteiger partial charge in [0.1, 0.15) is 16.2 Å². The lowest BCUT2D eigenvalue weighted by Gasteiger charge is -2.13. The van der Waals surface area contributed by atoms with E-state index >= 15 is 0 Å². The molecule has 0 amide bonds. The summed E-state index contributed by atoms with van der Waals surface area (Å²) >= 11 is 1.77. The van der Waals surface area contributed by atoms with Crippen molar-refractivity contribution in [2.75, 3.05) is 0 Å². The Hall–Kier alpha value is -7.54. The molecule has 0 unspecified atom stereocenters. The first-order valence-corrected chi connectivity index (χ1v) is 20.1. The molecule has 0 aliphatic heterocycles. The Morgan fingerprint density at radius 3 is 1.74 bits per heavy atom. The highest BCUT2D eigenvalue weighted by molar-refractivity contribution is 7.22. The number of nitrogens with zero attached hydrogens (tertiary/aromatic N) is 4. The molecule has 12 rings (SSSR count). The summed E-state index contributed by atoms with van der Waals surface area (Å²) in [6.45, 7) is 0. The molecule has 0 fully saturated rings. The largest absolute Gasteiger partial charge is 0.456 e. The molecule has 0 aliphatic rings. The van der Waals surface area contributed by atoms with Gasteiger partial charge in [0.05, 0.1) is 10.2 Å². The lowest BCUT2D eigenvalue weighted by molar-refractivity contribution is 0.669. The molecule has 0 saturated heterocycles. The molecule has 0 saturated carbocycles. The highest BCUT2D eigenvalue weighted by Gasteiger charge is 2.20. The van der Waals surface area contributed by atoms with E-state index in [1.807, 2.05) is 78.9 Å². The maximum Gasteiger partial charge on any atom is 0.164 e. The summed E-state index contributed by atoms with van der Waals surface area (Å²) in [5.41, 5.74) is 8.76. The summed E-state index contributed by atoms with van der Waals surface area (Å²) in [6, 6.07) is 63.3. The van der Waals surface area contributed by atoms with Gasteiger partial charge in [-0.1, -0.05) is 152 Å². The average Bonchev–Trinajstić information content (AvgIpc) is 3.91. The van der Waals surface area contributed by atoms with Gasteiger partial charge in [-0.15, -0.1) is 11.3 Å². The normalized spacial score (nSPS) is 11.8. The molecule has 0 atom stereocenters. The van der Waals surface area contributed by atoms with Crippen molar-refractivity contribution in [3.63, 3.8) is 0 Å². The van der Waals surface area contributed by atoms with E-state index < -0.39 is 0 Å². The van der Waals surface area contributed by atoms with Crippen LogP contribution in [0.4, 0.5) is 0 Å². The van der Waals surface area contributed by atoms with Gasteiger partial charge in [-0.3, -0.25) is 0 Å². The Morgan fingerprint density at radius 1 is 0.362 bits per heavy atom. The molecule has 0 bridgehead atoms. The molecule has 12 aromatic rings. The monoisotopic (exact) mass is 758 g/mol. The molecule has 6 heteroatoms. The van der Waals surface area contributed by atoms with Crippen LogP contribution in [0.25, 0.3) is 120 Å². The fourth-order valence-electron chi connectivity index (χ4n) is 8.44. The summed E-state index contributed by atoms with van der Waals surface area (Å²) in [5, 5.41) is 10.3. The Morgan fingerprint density at radius 2 is 1.00 bits per heavy atom. The van der Waals surface area contributed by atoms with Gasteiger partial charge >= 0.3 is 0 Å². The first-order valence-electron chi connectivity index (χ1n) is 19.3. The van der Waals surface area contributed by atoms with Crippen molar-refractivity contribution in [2.45, 2.75) is 0 Å². The number of hydrogen-bond donors (Lipinski definition) is 0. The summed E-state index contributed by atoms with van der Waals surface area (Å²) in [4.78, 5) is 20.1. The van der Waals surface area contributed by atoms with E-state index in [0.717, 1.165) is 65.8 Å². The minimum atomic E-state index is 0.601. The number of furan rings is 1. The molecule has 270 valence electrons. The minimum Gasteiger partial charge on any atom is -0.456 e. The zero-order valence-electron chi connectivity index (χ0n) is 30.9. The van der Waals surface area contributed by atoms with Gasteiger partial charge < -0.3 is 4.42 Å². The lowest BCUT2D eigenvalue weighted by Crippen LogP contribution is -2.00. The van der Waals surface area contributed by atoms with Crippen molar-refractivity contribution in [1.82, 2.24) is 19.9 Å². The van der Waals surface area contributed by atoms with Crippen molar-refractivity contribution in [3.05, 3.63) is 182 Å². The summed E-state index contributed by atoms with van der Waals surface area (Å²) in [5.74, 6) is 1.85. The highest BCUT2D eigenvalue weighted by atomic mass is 32.1. The van der Waals surface area contributed by atoms with Crippen LogP contribution < -0.4 is 0 Å². The Balaban J connectivity index is 1.04. The van der Waals surface area contributed by atoms with Crippen LogP contribution in [0.15, 0.2) is 186 Å². The third-order valence-corrected chi connectivity index (χ3v) is 12.3.